The first-order valence-electron chi connectivity index (χ1n) is 7.24. The van der Waals surface area contributed by atoms with Crippen LogP contribution in [0.1, 0.15) is 76.6 Å². The summed E-state index contributed by atoms with van der Waals surface area (Å²) in [6.07, 6.45) is 5.97. The zero-order valence-electron chi connectivity index (χ0n) is 11.7. The van der Waals surface area contributed by atoms with E-state index in [-0.39, 0.29) is 6.04 Å². The number of rotatable bonds is 5. The van der Waals surface area contributed by atoms with Gasteiger partial charge in [-0.2, -0.15) is 4.98 Å². The van der Waals surface area contributed by atoms with Gasteiger partial charge in [0.15, 0.2) is 5.82 Å². The number of aromatic nitrogens is 2. The number of nitrogens with zero attached hydrogens (tertiary/aromatic N) is 2. The van der Waals surface area contributed by atoms with E-state index in [1.165, 1.54) is 25.7 Å². The minimum absolute atomic E-state index is 0.125. The fourth-order valence-corrected chi connectivity index (χ4v) is 2.73. The largest absolute Gasteiger partial charge is 0.338 e. The summed E-state index contributed by atoms with van der Waals surface area (Å²) >= 11 is 0. The van der Waals surface area contributed by atoms with Crippen molar-refractivity contribution >= 4 is 0 Å². The fraction of sp³-hybridized carbons (Fsp3) is 0.857. The molecule has 4 nitrogen and oxygen atoms in total. The predicted octanol–water partition coefficient (Wildman–Crippen LogP) is 3.41. The van der Waals surface area contributed by atoms with Gasteiger partial charge < -0.3 is 10.3 Å². The molecule has 2 rings (SSSR count). The second kappa shape index (κ2) is 5.83. The molecular weight excluding hydrogens is 226 g/mol. The van der Waals surface area contributed by atoms with E-state index in [2.05, 4.69) is 30.9 Å². The smallest absolute Gasteiger partial charge is 0.243 e. The molecule has 3 unspecified atom stereocenters. The van der Waals surface area contributed by atoms with E-state index in [1.807, 2.05) is 0 Å². The van der Waals surface area contributed by atoms with Crippen molar-refractivity contribution in [2.75, 3.05) is 0 Å². The summed E-state index contributed by atoms with van der Waals surface area (Å²) in [6.45, 7) is 6.51. The van der Waals surface area contributed by atoms with Crippen LogP contribution >= 0.6 is 0 Å². The molecule has 1 aromatic heterocycles. The van der Waals surface area contributed by atoms with Gasteiger partial charge in [0.1, 0.15) is 0 Å². The lowest BCUT2D eigenvalue weighted by molar-refractivity contribution is 0.309. The molecule has 1 aromatic rings. The standard InChI is InChI=1S/C14H25N3O/c1-4-9(3)12(15)14-16-13(17-18-14)11-7-6-10(5-2)8-11/h9-12H,4-8,15H2,1-3H3/t9?,10?,11?,12-/m0/s1. The van der Waals surface area contributed by atoms with Gasteiger partial charge in [0, 0.05) is 5.92 Å². The van der Waals surface area contributed by atoms with E-state index in [0.717, 1.165) is 18.2 Å². The molecule has 1 heterocycles. The minimum atomic E-state index is -0.125. The second-order valence-electron chi connectivity index (χ2n) is 5.69. The maximum atomic E-state index is 6.12. The monoisotopic (exact) mass is 251 g/mol. The van der Waals surface area contributed by atoms with Crippen molar-refractivity contribution in [2.24, 2.45) is 17.6 Å². The van der Waals surface area contributed by atoms with Crippen LogP contribution in [0, 0.1) is 11.8 Å². The minimum Gasteiger partial charge on any atom is -0.338 e. The highest BCUT2D eigenvalue weighted by molar-refractivity contribution is 5.01. The van der Waals surface area contributed by atoms with Gasteiger partial charge in [-0.3, -0.25) is 0 Å². The number of nitrogens with two attached hydrogens (primary N) is 1. The molecule has 18 heavy (non-hydrogen) atoms. The Morgan fingerprint density at radius 3 is 2.78 bits per heavy atom. The third-order valence-corrected chi connectivity index (χ3v) is 4.48. The van der Waals surface area contributed by atoms with Crippen LogP contribution < -0.4 is 5.73 Å². The Hall–Kier alpha value is -0.900. The molecule has 0 saturated heterocycles. The van der Waals surface area contributed by atoms with Gasteiger partial charge in [-0.15, -0.1) is 0 Å². The Morgan fingerprint density at radius 2 is 2.17 bits per heavy atom. The molecule has 0 aromatic carbocycles. The van der Waals surface area contributed by atoms with Crippen LogP contribution in [0.4, 0.5) is 0 Å². The zero-order chi connectivity index (χ0) is 13.1. The van der Waals surface area contributed by atoms with Gasteiger partial charge in [0.05, 0.1) is 6.04 Å². The average Bonchev–Trinajstić information content (AvgIpc) is 3.04. The lowest BCUT2D eigenvalue weighted by Crippen LogP contribution is -2.19. The summed E-state index contributed by atoms with van der Waals surface area (Å²) in [6, 6.07) is -0.125. The quantitative estimate of drug-likeness (QED) is 0.871. The number of hydrogen-bond acceptors (Lipinski definition) is 4. The van der Waals surface area contributed by atoms with Gasteiger partial charge in [-0.05, 0) is 31.1 Å². The highest BCUT2D eigenvalue weighted by Crippen LogP contribution is 2.38. The average molecular weight is 251 g/mol. The van der Waals surface area contributed by atoms with E-state index in [9.17, 15) is 0 Å². The molecule has 0 radical (unpaired) electrons. The van der Waals surface area contributed by atoms with Crippen LogP contribution in [0.3, 0.4) is 0 Å². The van der Waals surface area contributed by atoms with Gasteiger partial charge in [0.25, 0.3) is 0 Å². The Morgan fingerprint density at radius 1 is 1.39 bits per heavy atom. The first-order valence-corrected chi connectivity index (χ1v) is 7.24. The summed E-state index contributed by atoms with van der Waals surface area (Å²) < 4.78 is 5.34. The first-order chi connectivity index (χ1) is 8.65. The van der Waals surface area contributed by atoms with Gasteiger partial charge in [-0.1, -0.05) is 38.8 Å². The fourth-order valence-electron chi connectivity index (χ4n) is 2.73. The number of hydrogen-bond donors (Lipinski definition) is 1. The molecule has 2 N–H and O–H groups in total. The first kappa shape index (κ1) is 13.5. The van der Waals surface area contributed by atoms with E-state index in [1.54, 1.807) is 0 Å². The van der Waals surface area contributed by atoms with Crippen molar-refractivity contribution in [3.05, 3.63) is 11.7 Å². The SMILES string of the molecule is CCC1CCC(c2noc([C@@H](N)C(C)CC)n2)C1. The lowest BCUT2D eigenvalue weighted by Gasteiger charge is -2.13. The molecule has 4 heteroatoms. The zero-order valence-corrected chi connectivity index (χ0v) is 11.7. The normalized spacial score (nSPS) is 27.3. The van der Waals surface area contributed by atoms with E-state index < -0.39 is 0 Å². The molecule has 1 fully saturated rings. The highest BCUT2D eigenvalue weighted by Gasteiger charge is 2.29. The third-order valence-electron chi connectivity index (χ3n) is 4.48. The summed E-state index contributed by atoms with van der Waals surface area (Å²) in [4.78, 5) is 4.53. The Kier molecular flexibility index (Phi) is 4.38. The molecule has 102 valence electrons. The molecular formula is C14H25N3O. The summed E-state index contributed by atoms with van der Waals surface area (Å²) in [7, 11) is 0. The van der Waals surface area contributed by atoms with Crippen molar-refractivity contribution in [1.29, 1.82) is 0 Å². The van der Waals surface area contributed by atoms with Crippen molar-refractivity contribution < 1.29 is 4.52 Å². The van der Waals surface area contributed by atoms with Gasteiger partial charge >= 0.3 is 0 Å². The molecule has 0 amide bonds. The molecule has 1 saturated carbocycles. The van der Waals surface area contributed by atoms with E-state index in [4.69, 9.17) is 10.3 Å². The van der Waals surface area contributed by atoms with Crippen molar-refractivity contribution in [1.82, 2.24) is 10.1 Å². The molecule has 0 aliphatic heterocycles. The molecule has 0 bridgehead atoms. The Bertz CT molecular complexity index is 377. The maximum absolute atomic E-state index is 6.12. The van der Waals surface area contributed by atoms with Gasteiger partial charge in [-0.25, -0.2) is 0 Å². The van der Waals surface area contributed by atoms with E-state index >= 15 is 0 Å². The van der Waals surface area contributed by atoms with Crippen LogP contribution in [0.25, 0.3) is 0 Å². The Labute approximate surface area is 109 Å². The molecule has 4 atom stereocenters. The van der Waals surface area contributed by atoms with Crippen molar-refractivity contribution in [3.63, 3.8) is 0 Å². The lowest BCUT2D eigenvalue weighted by atomic mass is 10.00. The molecule has 0 spiro atoms. The summed E-state index contributed by atoms with van der Waals surface area (Å²) in [5.74, 6) is 3.18. The van der Waals surface area contributed by atoms with Crippen LogP contribution in [0.5, 0.6) is 0 Å². The third kappa shape index (κ3) is 2.74. The van der Waals surface area contributed by atoms with E-state index in [0.29, 0.717) is 17.7 Å². The van der Waals surface area contributed by atoms with Gasteiger partial charge in [0.2, 0.25) is 5.89 Å². The topological polar surface area (TPSA) is 64.9 Å². The maximum Gasteiger partial charge on any atom is 0.243 e. The summed E-state index contributed by atoms with van der Waals surface area (Å²) in [5, 5.41) is 4.14. The van der Waals surface area contributed by atoms with Crippen LogP contribution in [0.15, 0.2) is 4.52 Å². The molecule has 1 aliphatic carbocycles. The van der Waals surface area contributed by atoms with Crippen molar-refractivity contribution in [3.8, 4) is 0 Å². The van der Waals surface area contributed by atoms with Crippen molar-refractivity contribution in [2.45, 2.75) is 64.8 Å². The summed E-state index contributed by atoms with van der Waals surface area (Å²) in [5.41, 5.74) is 6.12. The van der Waals surface area contributed by atoms with Crippen LogP contribution in [0.2, 0.25) is 0 Å². The second-order valence-corrected chi connectivity index (χ2v) is 5.69. The van der Waals surface area contributed by atoms with Crippen LogP contribution in [-0.4, -0.2) is 10.1 Å². The predicted molar refractivity (Wildman–Crippen MR) is 71.1 cm³/mol. The Balaban J connectivity index is 2.02. The molecule has 1 aliphatic rings. The van der Waals surface area contributed by atoms with Crippen LogP contribution in [-0.2, 0) is 0 Å². The highest BCUT2D eigenvalue weighted by atomic mass is 16.5.